The fraction of sp³-hybridized carbons (Fsp3) is 0.125. The number of halogens is 3. The average Bonchev–Trinajstić information content (AvgIpc) is 2.51. The van der Waals surface area contributed by atoms with Gasteiger partial charge in [-0.15, -0.1) is 0 Å². The first-order valence-electron chi connectivity index (χ1n) is 6.59. The summed E-state index contributed by atoms with van der Waals surface area (Å²) in [5, 5.41) is 2.03. The molecule has 0 heterocycles. The van der Waals surface area contributed by atoms with Gasteiger partial charge in [0.2, 0.25) is 0 Å². The van der Waals surface area contributed by atoms with E-state index in [9.17, 15) is 18.4 Å². The monoisotopic (exact) mass is 383 g/mol. The molecule has 0 aliphatic carbocycles. The molecule has 120 valence electrons. The number of anilines is 1. The lowest BCUT2D eigenvalue weighted by molar-refractivity contribution is -0.146. The standard InChI is InChI=1S/C16H12BrF2NO3/c17-11-6-4-10(5-7-11)8-15(22)23-9-14(21)20-16-12(18)2-1-3-13(16)19/h1-7H,8-9H2,(H,20,21). The van der Waals surface area contributed by atoms with Gasteiger partial charge in [0.25, 0.3) is 5.91 Å². The average molecular weight is 384 g/mol. The van der Waals surface area contributed by atoms with Crippen LogP contribution in [0.25, 0.3) is 0 Å². The van der Waals surface area contributed by atoms with Crippen LogP contribution in [0.4, 0.5) is 14.5 Å². The summed E-state index contributed by atoms with van der Waals surface area (Å²) in [6, 6.07) is 10.2. The fourth-order valence-corrected chi connectivity index (χ4v) is 2.02. The molecule has 0 saturated heterocycles. The molecule has 4 nitrogen and oxygen atoms in total. The van der Waals surface area contributed by atoms with Crippen LogP contribution in [0.15, 0.2) is 46.9 Å². The summed E-state index contributed by atoms with van der Waals surface area (Å²) < 4.78 is 32.4. The molecular formula is C16H12BrF2NO3. The number of hydrogen-bond donors (Lipinski definition) is 1. The molecule has 1 amide bonds. The summed E-state index contributed by atoms with van der Waals surface area (Å²) in [4.78, 5) is 23.2. The molecule has 2 aromatic rings. The molecule has 1 N–H and O–H groups in total. The van der Waals surface area contributed by atoms with Crippen molar-refractivity contribution in [2.45, 2.75) is 6.42 Å². The van der Waals surface area contributed by atoms with Crippen molar-refractivity contribution in [1.82, 2.24) is 0 Å². The SMILES string of the molecule is O=C(COC(=O)Cc1ccc(Br)cc1)Nc1c(F)cccc1F. The van der Waals surface area contributed by atoms with Crippen molar-refractivity contribution in [2.24, 2.45) is 0 Å². The molecule has 0 aromatic heterocycles. The molecular weight excluding hydrogens is 372 g/mol. The van der Waals surface area contributed by atoms with E-state index in [-0.39, 0.29) is 6.42 Å². The number of esters is 1. The number of benzene rings is 2. The fourth-order valence-electron chi connectivity index (χ4n) is 1.76. The Balaban J connectivity index is 1.84. The zero-order valence-electron chi connectivity index (χ0n) is 11.8. The van der Waals surface area contributed by atoms with Crippen molar-refractivity contribution in [3.8, 4) is 0 Å². The maximum Gasteiger partial charge on any atom is 0.310 e. The summed E-state index contributed by atoms with van der Waals surface area (Å²) in [6.07, 6.45) is -0.00534. The molecule has 0 saturated carbocycles. The first-order chi connectivity index (χ1) is 11.0. The molecule has 7 heteroatoms. The number of amides is 1. The smallest absolute Gasteiger partial charge is 0.310 e. The lowest BCUT2D eigenvalue weighted by Crippen LogP contribution is -2.22. The summed E-state index contributed by atoms with van der Waals surface area (Å²) in [5.74, 6) is -3.24. The zero-order valence-corrected chi connectivity index (χ0v) is 13.4. The van der Waals surface area contributed by atoms with Gasteiger partial charge in [0, 0.05) is 4.47 Å². The van der Waals surface area contributed by atoms with E-state index in [1.54, 1.807) is 24.3 Å². The Bertz CT molecular complexity index is 700. The van der Waals surface area contributed by atoms with Crippen LogP contribution < -0.4 is 5.32 Å². The Kier molecular flexibility index (Phi) is 5.81. The van der Waals surface area contributed by atoms with Gasteiger partial charge < -0.3 is 10.1 Å². The van der Waals surface area contributed by atoms with E-state index >= 15 is 0 Å². The first-order valence-corrected chi connectivity index (χ1v) is 7.39. The highest BCUT2D eigenvalue weighted by Crippen LogP contribution is 2.17. The minimum atomic E-state index is -0.903. The summed E-state index contributed by atoms with van der Waals surface area (Å²) in [6.45, 7) is -0.622. The van der Waals surface area contributed by atoms with Crippen LogP contribution in [0.2, 0.25) is 0 Å². The van der Waals surface area contributed by atoms with E-state index in [2.05, 4.69) is 15.9 Å². The van der Waals surface area contributed by atoms with Gasteiger partial charge in [0.1, 0.15) is 17.3 Å². The molecule has 0 unspecified atom stereocenters. The van der Waals surface area contributed by atoms with Gasteiger partial charge in [-0.25, -0.2) is 8.78 Å². The van der Waals surface area contributed by atoms with Crippen molar-refractivity contribution in [3.05, 3.63) is 64.1 Å². The van der Waals surface area contributed by atoms with Crippen LogP contribution in [0, 0.1) is 11.6 Å². The predicted molar refractivity (Wildman–Crippen MR) is 83.8 cm³/mol. The Morgan fingerprint density at radius 1 is 1.04 bits per heavy atom. The van der Waals surface area contributed by atoms with Crippen LogP contribution in [0.1, 0.15) is 5.56 Å². The van der Waals surface area contributed by atoms with Crippen molar-refractivity contribution >= 4 is 33.5 Å². The summed E-state index contributed by atoms with van der Waals surface area (Å²) in [5.41, 5.74) is 0.153. The topological polar surface area (TPSA) is 55.4 Å². The third-order valence-corrected chi connectivity index (χ3v) is 3.38. The summed E-state index contributed by atoms with van der Waals surface area (Å²) >= 11 is 3.27. The number of carbonyl (C=O) groups excluding carboxylic acids is 2. The Hall–Kier alpha value is -2.28. The van der Waals surface area contributed by atoms with Gasteiger partial charge in [0.05, 0.1) is 6.42 Å². The van der Waals surface area contributed by atoms with Crippen LogP contribution in [-0.4, -0.2) is 18.5 Å². The van der Waals surface area contributed by atoms with E-state index in [4.69, 9.17) is 4.74 Å². The second-order valence-electron chi connectivity index (χ2n) is 4.61. The Morgan fingerprint density at radius 2 is 1.65 bits per heavy atom. The van der Waals surface area contributed by atoms with Crippen LogP contribution in [-0.2, 0) is 20.7 Å². The molecule has 0 spiro atoms. The Labute approximate surface area is 139 Å². The van der Waals surface area contributed by atoms with Gasteiger partial charge >= 0.3 is 5.97 Å². The van der Waals surface area contributed by atoms with E-state index in [0.29, 0.717) is 0 Å². The highest BCUT2D eigenvalue weighted by Gasteiger charge is 2.13. The van der Waals surface area contributed by atoms with E-state index in [0.717, 1.165) is 22.2 Å². The highest BCUT2D eigenvalue weighted by molar-refractivity contribution is 9.10. The van der Waals surface area contributed by atoms with E-state index in [1.165, 1.54) is 6.07 Å². The first kappa shape index (κ1) is 17.1. The summed E-state index contributed by atoms with van der Waals surface area (Å²) in [7, 11) is 0. The molecule has 0 fully saturated rings. The third-order valence-electron chi connectivity index (χ3n) is 2.85. The third kappa shape index (κ3) is 5.14. The number of carbonyl (C=O) groups is 2. The maximum atomic E-state index is 13.4. The molecule has 2 aromatic carbocycles. The van der Waals surface area contributed by atoms with Crippen LogP contribution >= 0.6 is 15.9 Å². The van der Waals surface area contributed by atoms with Crippen molar-refractivity contribution < 1.29 is 23.1 Å². The molecule has 0 atom stereocenters. The minimum Gasteiger partial charge on any atom is -0.455 e. The van der Waals surface area contributed by atoms with Gasteiger partial charge in [-0.3, -0.25) is 9.59 Å². The highest BCUT2D eigenvalue weighted by atomic mass is 79.9. The molecule has 0 radical (unpaired) electrons. The predicted octanol–water partition coefficient (Wildman–Crippen LogP) is 3.45. The number of rotatable bonds is 5. The van der Waals surface area contributed by atoms with Gasteiger partial charge in [0.15, 0.2) is 6.61 Å². The molecule has 0 aliphatic rings. The van der Waals surface area contributed by atoms with Gasteiger partial charge in [-0.1, -0.05) is 34.1 Å². The largest absolute Gasteiger partial charge is 0.455 e. The maximum absolute atomic E-state index is 13.4. The van der Waals surface area contributed by atoms with Gasteiger partial charge in [-0.2, -0.15) is 0 Å². The molecule has 2 rings (SSSR count). The quantitative estimate of drug-likeness (QED) is 0.804. The zero-order chi connectivity index (χ0) is 16.8. The number of ether oxygens (including phenoxy) is 1. The number of para-hydroxylation sites is 1. The van der Waals surface area contributed by atoms with E-state index in [1.807, 2.05) is 5.32 Å². The minimum absolute atomic E-state index is 0.00534. The van der Waals surface area contributed by atoms with Crippen LogP contribution in [0.3, 0.4) is 0 Å². The molecule has 0 aliphatic heterocycles. The molecule has 0 bridgehead atoms. The second kappa shape index (κ2) is 7.82. The molecule has 23 heavy (non-hydrogen) atoms. The van der Waals surface area contributed by atoms with Crippen LogP contribution in [0.5, 0.6) is 0 Å². The number of nitrogens with one attached hydrogen (secondary N) is 1. The Morgan fingerprint density at radius 3 is 2.26 bits per heavy atom. The van der Waals surface area contributed by atoms with Crippen molar-refractivity contribution in [2.75, 3.05) is 11.9 Å². The second-order valence-corrected chi connectivity index (χ2v) is 5.52. The normalized spacial score (nSPS) is 10.2. The van der Waals surface area contributed by atoms with Crippen molar-refractivity contribution in [3.63, 3.8) is 0 Å². The van der Waals surface area contributed by atoms with Crippen molar-refractivity contribution in [1.29, 1.82) is 0 Å². The number of hydrogen-bond acceptors (Lipinski definition) is 3. The van der Waals surface area contributed by atoms with E-state index < -0.39 is 35.8 Å². The lowest BCUT2D eigenvalue weighted by Gasteiger charge is -2.08. The lowest BCUT2D eigenvalue weighted by atomic mass is 10.2. The van der Waals surface area contributed by atoms with Gasteiger partial charge in [-0.05, 0) is 29.8 Å².